The van der Waals surface area contributed by atoms with Crippen LogP contribution in [0.4, 0.5) is 0 Å². The monoisotopic (exact) mass is 472 g/mol. The molecule has 0 radical (unpaired) electrons. The summed E-state index contributed by atoms with van der Waals surface area (Å²) in [6, 6.07) is 7.10. The molecule has 1 aromatic carbocycles. The number of nitrogens with one attached hydrogen (secondary N) is 1. The van der Waals surface area contributed by atoms with Gasteiger partial charge < -0.3 is 14.8 Å². The fraction of sp³-hybridized carbons (Fsp3) is 0.538. The molecule has 0 saturated carbocycles. The Morgan fingerprint density at radius 2 is 1.56 bits per heavy atom. The minimum atomic E-state index is -0.650. The zero-order valence-electron chi connectivity index (χ0n) is 20.8. The van der Waals surface area contributed by atoms with Gasteiger partial charge in [-0.25, -0.2) is 0 Å². The number of amides is 3. The Hall–Kier alpha value is -3.00. The van der Waals surface area contributed by atoms with Gasteiger partial charge in [0.2, 0.25) is 5.91 Å². The number of carbonyl (C=O) groups excluding carboxylic acids is 4. The first-order chi connectivity index (χ1) is 16.0. The Bertz CT molecular complexity index is 908. The van der Waals surface area contributed by atoms with E-state index in [4.69, 9.17) is 9.47 Å². The Balaban J connectivity index is 1.82. The van der Waals surface area contributed by atoms with Crippen molar-refractivity contribution < 1.29 is 28.7 Å². The summed E-state index contributed by atoms with van der Waals surface area (Å²) in [5, 5.41) is 2.76. The third kappa shape index (κ3) is 7.80. The maximum Gasteiger partial charge on any atom is 0.253 e. The van der Waals surface area contributed by atoms with Crippen molar-refractivity contribution in [2.45, 2.75) is 71.5 Å². The van der Waals surface area contributed by atoms with Gasteiger partial charge in [0, 0.05) is 37.2 Å². The summed E-state index contributed by atoms with van der Waals surface area (Å²) in [5.41, 5.74) is -0.471. The fourth-order valence-electron chi connectivity index (χ4n) is 3.49. The maximum atomic E-state index is 12.4. The standard InChI is InChI=1S/C26H36N2O6/c1-6-25(4,34-21-10-8-20(9-11-21)19(3)29)14-17-33-26(5,7-2)18-22(30)27-15-16-28-23(31)12-13-24(28)32/h8-13H,6-7,14-18H2,1-5H3,(H,27,30). The van der Waals surface area contributed by atoms with Gasteiger partial charge in [0.15, 0.2) is 5.78 Å². The third-order valence-corrected chi connectivity index (χ3v) is 6.29. The molecule has 0 aliphatic carbocycles. The molecule has 0 aromatic heterocycles. The zero-order chi connectivity index (χ0) is 25.4. The van der Waals surface area contributed by atoms with E-state index in [1.54, 1.807) is 24.3 Å². The first-order valence-corrected chi connectivity index (χ1v) is 11.7. The van der Waals surface area contributed by atoms with Crippen molar-refractivity contribution in [1.82, 2.24) is 10.2 Å². The molecule has 1 aliphatic rings. The van der Waals surface area contributed by atoms with E-state index in [0.29, 0.717) is 30.8 Å². The average molecular weight is 473 g/mol. The summed E-state index contributed by atoms with van der Waals surface area (Å²) < 4.78 is 12.3. The lowest BCUT2D eigenvalue weighted by atomic mass is 9.96. The largest absolute Gasteiger partial charge is 0.488 e. The van der Waals surface area contributed by atoms with E-state index in [2.05, 4.69) is 5.32 Å². The molecule has 34 heavy (non-hydrogen) atoms. The van der Waals surface area contributed by atoms with Crippen LogP contribution in [-0.2, 0) is 19.1 Å². The van der Waals surface area contributed by atoms with Crippen LogP contribution in [0.1, 0.15) is 70.7 Å². The van der Waals surface area contributed by atoms with Gasteiger partial charge in [-0.1, -0.05) is 13.8 Å². The number of nitrogens with zero attached hydrogens (tertiary/aromatic N) is 1. The summed E-state index contributed by atoms with van der Waals surface area (Å²) in [4.78, 5) is 48.2. The molecule has 1 N–H and O–H groups in total. The molecular weight excluding hydrogens is 436 g/mol. The van der Waals surface area contributed by atoms with E-state index in [0.717, 1.165) is 11.3 Å². The lowest BCUT2D eigenvalue weighted by Crippen LogP contribution is -2.42. The average Bonchev–Trinajstić information content (AvgIpc) is 3.11. The Morgan fingerprint density at radius 1 is 0.971 bits per heavy atom. The van der Waals surface area contributed by atoms with Crippen molar-refractivity contribution in [1.29, 1.82) is 0 Å². The first kappa shape index (κ1) is 27.2. The van der Waals surface area contributed by atoms with Crippen molar-refractivity contribution in [3.05, 3.63) is 42.0 Å². The number of hydrogen-bond acceptors (Lipinski definition) is 6. The summed E-state index contributed by atoms with van der Waals surface area (Å²) in [7, 11) is 0. The number of hydrogen-bond donors (Lipinski definition) is 1. The minimum Gasteiger partial charge on any atom is -0.488 e. The number of imide groups is 1. The van der Waals surface area contributed by atoms with Crippen LogP contribution in [-0.4, -0.2) is 59.3 Å². The number of rotatable bonds is 14. The molecular formula is C26H36N2O6. The molecule has 1 aliphatic heterocycles. The van der Waals surface area contributed by atoms with Crippen molar-refractivity contribution in [2.24, 2.45) is 0 Å². The van der Waals surface area contributed by atoms with E-state index >= 15 is 0 Å². The maximum absolute atomic E-state index is 12.4. The number of Topliss-reactive ketones (excluding diaryl/α,β-unsaturated/α-hetero) is 1. The Morgan fingerprint density at radius 3 is 2.09 bits per heavy atom. The molecule has 2 unspecified atom stereocenters. The van der Waals surface area contributed by atoms with Gasteiger partial charge >= 0.3 is 0 Å². The number of ether oxygens (including phenoxy) is 2. The van der Waals surface area contributed by atoms with Gasteiger partial charge in [-0.05, 0) is 57.9 Å². The number of carbonyl (C=O) groups is 4. The normalized spacial score (nSPS) is 16.8. The fourth-order valence-corrected chi connectivity index (χ4v) is 3.49. The molecule has 2 rings (SSSR count). The Labute approximate surface area is 201 Å². The van der Waals surface area contributed by atoms with E-state index in [1.165, 1.54) is 19.1 Å². The topological polar surface area (TPSA) is 102 Å². The second kappa shape index (κ2) is 11.9. The van der Waals surface area contributed by atoms with Crippen LogP contribution in [0.5, 0.6) is 5.75 Å². The van der Waals surface area contributed by atoms with E-state index in [1.807, 2.05) is 27.7 Å². The highest BCUT2D eigenvalue weighted by Gasteiger charge is 2.30. The summed E-state index contributed by atoms with van der Waals surface area (Å²) in [6.45, 7) is 10.2. The highest BCUT2D eigenvalue weighted by atomic mass is 16.5. The SMILES string of the molecule is CCC(C)(CC(=O)NCCN1C(=O)C=CC1=O)OCCC(C)(CC)Oc1ccc(C(C)=O)cc1. The predicted octanol–water partition coefficient (Wildman–Crippen LogP) is 3.44. The van der Waals surface area contributed by atoms with Gasteiger partial charge in [0.1, 0.15) is 11.4 Å². The molecule has 8 heteroatoms. The summed E-state index contributed by atoms with van der Waals surface area (Å²) >= 11 is 0. The quantitative estimate of drug-likeness (QED) is 0.329. The van der Waals surface area contributed by atoms with Crippen molar-refractivity contribution in [2.75, 3.05) is 19.7 Å². The second-order valence-corrected chi connectivity index (χ2v) is 9.08. The van der Waals surface area contributed by atoms with E-state index in [9.17, 15) is 19.2 Å². The summed E-state index contributed by atoms with van der Waals surface area (Å²) in [6.07, 6.45) is 4.64. The first-order valence-electron chi connectivity index (χ1n) is 11.7. The van der Waals surface area contributed by atoms with Crippen molar-refractivity contribution in [3.8, 4) is 5.75 Å². The van der Waals surface area contributed by atoms with Crippen LogP contribution in [0.15, 0.2) is 36.4 Å². The highest BCUT2D eigenvalue weighted by molar-refractivity contribution is 6.12. The van der Waals surface area contributed by atoms with Crippen LogP contribution >= 0.6 is 0 Å². The molecule has 2 atom stereocenters. The van der Waals surface area contributed by atoms with Gasteiger partial charge in [0.25, 0.3) is 11.8 Å². The van der Waals surface area contributed by atoms with Crippen LogP contribution in [0.25, 0.3) is 0 Å². The number of benzene rings is 1. The van der Waals surface area contributed by atoms with Crippen LogP contribution in [0.2, 0.25) is 0 Å². The molecule has 3 amide bonds. The number of ketones is 1. The summed E-state index contributed by atoms with van der Waals surface area (Å²) in [5.74, 6) is -0.223. The molecule has 0 saturated heterocycles. The molecule has 1 aromatic rings. The predicted molar refractivity (Wildman–Crippen MR) is 129 cm³/mol. The molecule has 0 bridgehead atoms. The molecule has 0 spiro atoms. The third-order valence-electron chi connectivity index (χ3n) is 6.29. The smallest absolute Gasteiger partial charge is 0.253 e. The molecule has 0 fully saturated rings. The molecule has 8 nitrogen and oxygen atoms in total. The van der Waals surface area contributed by atoms with Gasteiger partial charge in [-0.2, -0.15) is 0 Å². The van der Waals surface area contributed by atoms with Crippen LogP contribution < -0.4 is 10.1 Å². The highest BCUT2D eigenvalue weighted by Crippen LogP contribution is 2.27. The van der Waals surface area contributed by atoms with Gasteiger partial charge in [-0.3, -0.25) is 24.1 Å². The zero-order valence-corrected chi connectivity index (χ0v) is 20.8. The molecule has 186 valence electrons. The Kier molecular flexibility index (Phi) is 9.55. The second-order valence-electron chi connectivity index (χ2n) is 9.08. The van der Waals surface area contributed by atoms with Gasteiger partial charge in [0.05, 0.1) is 18.6 Å². The van der Waals surface area contributed by atoms with Crippen molar-refractivity contribution >= 4 is 23.5 Å². The van der Waals surface area contributed by atoms with Crippen LogP contribution in [0, 0.1) is 0 Å². The lowest BCUT2D eigenvalue weighted by Gasteiger charge is -2.33. The lowest BCUT2D eigenvalue weighted by molar-refractivity contribution is -0.138. The van der Waals surface area contributed by atoms with Crippen LogP contribution in [0.3, 0.4) is 0 Å². The van der Waals surface area contributed by atoms with Gasteiger partial charge in [-0.15, -0.1) is 0 Å². The van der Waals surface area contributed by atoms with Crippen molar-refractivity contribution in [3.63, 3.8) is 0 Å². The van der Waals surface area contributed by atoms with E-state index < -0.39 is 11.2 Å². The van der Waals surface area contributed by atoms with E-state index in [-0.39, 0.29) is 43.0 Å². The minimum absolute atomic E-state index is 0.0103. The molecule has 1 heterocycles.